The van der Waals surface area contributed by atoms with Gasteiger partial charge in [-0.05, 0) is 41.4 Å². The van der Waals surface area contributed by atoms with Crippen LogP contribution in [0.2, 0.25) is 0 Å². The minimum absolute atomic E-state index is 0.248. The zero-order chi connectivity index (χ0) is 14.0. The van der Waals surface area contributed by atoms with Crippen molar-refractivity contribution in [2.75, 3.05) is 4.72 Å². The van der Waals surface area contributed by atoms with E-state index in [1.807, 2.05) is 0 Å². The predicted molar refractivity (Wildman–Crippen MR) is 74.2 cm³/mol. The summed E-state index contributed by atoms with van der Waals surface area (Å²) in [5.41, 5.74) is 1.09. The van der Waals surface area contributed by atoms with E-state index in [4.69, 9.17) is 4.52 Å². The summed E-state index contributed by atoms with van der Waals surface area (Å²) in [7, 11) is -3.56. The van der Waals surface area contributed by atoms with E-state index in [9.17, 15) is 8.42 Å². The third-order valence-corrected chi connectivity index (χ3v) is 3.93. The molecule has 0 spiro atoms. The highest BCUT2D eigenvalue weighted by Crippen LogP contribution is 2.18. The molecule has 0 saturated carbocycles. The molecule has 0 unspecified atom stereocenters. The number of nitrogens with one attached hydrogen (secondary N) is 1. The van der Waals surface area contributed by atoms with Crippen LogP contribution >= 0.6 is 15.9 Å². The molecule has 2 heterocycles. The molecule has 0 saturated heterocycles. The smallest absolute Gasteiger partial charge is 0.239 e. The molecule has 8 heteroatoms. The molecule has 0 aliphatic rings. The van der Waals surface area contributed by atoms with Gasteiger partial charge in [0, 0.05) is 16.7 Å². The van der Waals surface area contributed by atoms with Crippen molar-refractivity contribution in [3.63, 3.8) is 0 Å². The van der Waals surface area contributed by atoms with Gasteiger partial charge in [-0.25, -0.2) is 13.4 Å². The molecule has 0 amide bonds. The van der Waals surface area contributed by atoms with E-state index in [1.54, 1.807) is 26.0 Å². The Labute approximate surface area is 119 Å². The second-order valence-electron chi connectivity index (χ2n) is 4.11. The number of halogens is 1. The minimum Gasteiger partial charge on any atom is -0.361 e. The van der Waals surface area contributed by atoms with Crippen molar-refractivity contribution in [1.29, 1.82) is 0 Å². The summed E-state index contributed by atoms with van der Waals surface area (Å²) in [6, 6.07) is 3.37. The molecule has 0 radical (unpaired) electrons. The Morgan fingerprint density at radius 2 is 2.11 bits per heavy atom. The first-order valence-electron chi connectivity index (χ1n) is 5.40. The lowest BCUT2D eigenvalue weighted by atomic mass is 10.3. The Bertz CT molecular complexity index is 697. The van der Waals surface area contributed by atoms with Gasteiger partial charge in [0.25, 0.3) is 0 Å². The van der Waals surface area contributed by atoms with Crippen molar-refractivity contribution in [2.45, 2.75) is 19.6 Å². The van der Waals surface area contributed by atoms with E-state index in [1.165, 1.54) is 6.20 Å². The lowest BCUT2D eigenvalue weighted by Gasteiger charge is -2.08. The van der Waals surface area contributed by atoms with Crippen LogP contribution in [0, 0.1) is 13.8 Å². The second-order valence-corrected chi connectivity index (χ2v) is 6.75. The van der Waals surface area contributed by atoms with Gasteiger partial charge >= 0.3 is 0 Å². The average molecular weight is 346 g/mol. The summed E-state index contributed by atoms with van der Waals surface area (Å²) in [6.07, 6.45) is 1.53. The molecule has 0 atom stereocenters. The molecular weight excluding hydrogens is 334 g/mol. The fraction of sp³-hybridized carbons (Fsp3) is 0.273. The maximum atomic E-state index is 12.0. The van der Waals surface area contributed by atoms with E-state index in [0.29, 0.717) is 17.3 Å². The lowest BCUT2D eigenvalue weighted by Crippen LogP contribution is -2.16. The molecule has 1 N–H and O–H groups in total. The van der Waals surface area contributed by atoms with Crippen LogP contribution in [-0.4, -0.2) is 18.6 Å². The molecule has 19 heavy (non-hydrogen) atoms. The van der Waals surface area contributed by atoms with Gasteiger partial charge in [-0.1, -0.05) is 5.16 Å². The van der Waals surface area contributed by atoms with E-state index in [2.05, 4.69) is 30.8 Å². The molecule has 2 aromatic rings. The van der Waals surface area contributed by atoms with Gasteiger partial charge in [-0.3, -0.25) is 4.72 Å². The summed E-state index contributed by atoms with van der Waals surface area (Å²) >= 11 is 3.27. The largest absolute Gasteiger partial charge is 0.361 e. The molecule has 0 aromatic carbocycles. The zero-order valence-electron chi connectivity index (χ0n) is 10.3. The molecule has 0 aliphatic heterocycles. The maximum absolute atomic E-state index is 12.0. The van der Waals surface area contributed by atoms with Crippen LogP contribution in [0.4, 0.5) is 5.82 Å². The van der Waals surface area contributed by atoms with Crippen LogP contribution in [0.5, 0.6) is 0 Å². The molecule has 6 nitrogen and oxygen atoms in total. The van der Waals surface area contributed by atoms with Gasteiger partial charge in [0.2, 0.25) is 10.0 Å². The topological polar surface area (TPSA) is 85.1 Å². The number of aromatic nitrogens is 2. The Kier molecular flexibility index (Phi) is 3.91. The molecule has 0 aliphatic carbocycles. The van der Waals surface area contributed by atoms with E-state index in [0.717, 1.165) is 10.0 Å². The predicted octanol–water partition coefficient (Wildman–Crippen LogP) is 2.39. The standard InChI is InChI=1S/C11H12BrN3O3S/c1-7-3-9(12)5-13-11(7)15-19(16,17)6-10-4-8(2)18-14-10/h3-5H,6H2,1-2H3,(H,13,15). The van der Waals surface area contributed by atoms with Crippen molar-refractivity contribution >= 4 is 31.8 Å². The first-order valence-corrected chi connectivity index (χ1v) is 7.85. The van der Waals surface area contributed by atoms with Gasteiger partial charge < -0.3 is 4.52 Å². The number of hydrogen-bond acceptors (Lipinski definition) is 5. The number of pyridine rings is 1. The number of hydrogen-bond donors (Lipinski definition) is 1. The summed E-state index contributed by atoms with van der Waals surface area (Å²) in [6.45, 7) is 3.48. The van der Waals surface area contributed by atoms with E-state index >= 15 is 0 Å². The van der Waals surface area contributed by atoms with Gasteiger partial charge in [-0.2, -0.15) is 0 Å². The number of anilines is 1. The van der Waals surface area contributed by atoms with Gasteiger partial charge in [-0.15, -0.1) is 0 Å². The zero-order valence-corrected chi connectivity index (χ0v) is 12.7. The normalized spacial score (nSPS) is 11.5. The lowest BCUT2D eigenvalue weighted by molar-refractivity contribution is 0.392. The first kappa shape index (κ1) is 14.0. The molecule has 102 valence electrons. The highest BCUT2D eigenvalue weighted by atomic mass is 79.9. The molecule has 2 aromatic heterocycles. The summed E-state index contributed by atoms with van der Waals surface area (Å²) in [4.78, 5) is 4.03. The van der Waals surface area contributed by atoms with Crippen LogP contribution in [-0.2, 0) is 15.8 Å². The van der Waals surface area contributed by atoms with Crippen molar-refractivity contribution in [2.24, 2.45) is 0 Å². The van der Waals surface area contributed by atoms with Crippen molar-refractivity contribution in [3.05, 3.63) is 39.8 Å². The summed E-state index contributed by atoms with van der Waals surface area (Å²) < 4.78 is 32.0. The number of rotatable bonds is 4. The first-order chi connectivity index (χ1) is 8.85. The SMILES string of the molecule is Cc1cc(CS(=O)(=O)Nc2ncc(Br)cc2C)no1. The monoisotopic (exact) mass is 345 g/mol. The molecular formula is C11H12BrN3O3S. The van der Waals surface area contributed by atoms with E-state index in [-0.39, 0.29) is 5.75 Å². The van der Waals surface area contributed by atoms with Crippen molar-refractivity contribution in [3.8, 4) is 0 Å². The maximum Gasteiger partial charge on any atom is 0.239 e. The highest BCUT2D eigenvalue weighted by Gasteiger charge is 2.16. The quantitative estimate of drug-likeness (QED) is 0.919. The highest BCUT2D eigenvalue weighted by molar-refractivity contribution is 9.10. The fourth-order valence-corrected chi connectivity index (χ4v) is 3.06. The van der Waals surface area contributed by atoms with Crippen molar-refractivity contribution in [1.82, 2.24) is 10.1 Å². The average Bonchev–Trinajstić information content (AvgIpc) is 2.67. The van der Waals surface area contributed by atoms with Crippen LogP contribution in [0.3, 0.4) is 0 Å². The van der Waals surface area contributed by atoms with Gasteiger partial charge in [0.15, 0.2) is 0 Å². The number of sulfonamides is 1. The Balaban J connectivity index is 2.17. The van der Waals surface area contributed by atoms with E-state index < -0.39 is 10.0 Å². The summed E-state index contributed by atoms with van der Waals surface area (Å²) in [5.74, 6) is 0.633. The third kappa shape index (κ3) is 3.77. The van der Waals surface area contributed by atoms with Gasteiger partial charge in [0.05, 0.1) is 0 Å². The Morgan fingerprint density at radius 1 is 1.37 bits per heavy atom. The molecule has 2 rings (SSSR count). The van der Waals surface area contributed by atoms with Gasteiger partial charge in [0.1, 0.15) is 23.0 Å². The number of nitrogens with zero attached hydrogens (tertiary/aromatic N) is 2. The minimum atomic E-state index is -3.56. The number of aryl methyl sites for hydroxylation is 2. The van der Waals surface area contributed by atoms with Crippen LogP contribution in [0.1, 0.15) is 17.0 Å². The third-order valence-electron chi connectivity index (χ3n) is 2.31. The Hall–Kier alpha value is -1.41. The fourth-order valence-electron chi connectivity index (χ4n) is 1.51. The van der Waals surface area contributed by atoms with Crippen molar-refractivity contribution < 1.29 is 12.9 Å². The molecule has 0 fully saturated rings. The van der Waals surface area contributed by atoms with Crippen LogP contribution in [0.15, 0.2) is 27.3 Å². The van der Waals surface area contributed by atoms with Crippen LogP contribution < -0.4 is 4.72 Å². The Morgan fingerprint density at radius 3 is 2.68 bits per heavy atom. The molecule has 0 bridgehead atoms. The van der Waals surface area contributed by atoms with Crippen LogP contribution in [0.25, 0.3) is 0 Å². The summed E-state index contributed by atoms with van der Waals surface area (Å²) in [5, 5.41) is 3.66. The second kappa shape index (κ2) is 5.30.